The molecule has 2 nitrogen and oxygen atoms in total. The monoisotopic (exact) mass is 248 g/mol. The third-order valence-electron chi connectivity index (χ3n) is 3.62. The lowest BCUT2D eigenvalue weighted by molar-refractivity contribution is -0.149. The van der Waals surface area contributed by atoms with Crippen molar-refractivity contribution in [2.24, 2.45) is 0 Å². The molecule has 0 atom stereocenters. The molecule has 0 bridgehead atoms. The molecule has 2 aliphatic rings. The Kier molecular flexibility index (Phi) is 3.94. The van der Waals surface area contributed by atoms with Gasteiger partial charge in [-0.1, -0.05) is 23.6 Å². The minimum atomic E-state index is -0.390. The van der Waals surface area contributed by atoms with Gasteiger partial charge >= 0.3 is 5.97 Å². The van der Waals surface area contributed by atoms with Gasteiger partial charge in [0.2, 0.25) is 0 Å². The van der Waals surface area contributed by atoms with Gasteiger partial charge in [-0.15, -0.1) is 0 Å². The first-order valence-corrected chi connectivity index (χ1v) is 7.08. The van der Waals surface area contributed by atoms with Crippen LogP contribution in [-0.4, -0.2) is 11.6 Å². The van der Waals surface area contributed by atoms with Crippen LogP contribution in [0.4, 0.5) is 0 Å². The number of ether oxygens (including phenoxy) is 1. The number of hydrogen-bond donors (Lipinski definition) is 0. The van der Waals surface area contributed by atoms with Crippen LogP contribution in [0, 0.1) is 0 Å². The molecule has 0 radical (unpaired) electrons. The van der Waals surface area contributed by atoms with Crippen molar-refractivity contribution in [3.63, 3.8) is 0 Å². The Bertz CT molecular complexity index is 386. The van der Waals surface area contributed by atoms with Gasteiger partial charge in [0.25, 0.3) is 0 Å². The van der Waals surface area contributed by atoms with Crippen LogP contribution in [0.1, 0.15) is 65.7 Å². The fourth-order valence-electron chi connectivity index (χ4n) is 2.72. The first-order valence-electron chi connectivity index (χ1n) is 7.08. The topological polar surface area (TPSA) is 26.3 Å². The van der Waals surface area contributed by atoms with E-state index in [1.165, 1.54) is 37.7 Å². The predicted octanol–water partition coefficient (Wildman–Crippen LogP) is 4.31. The standard InChI is InChI=1S/C16H24O2/c1-16(2,3)18-15(17)14-10-9-13(11-14)12-7-5-4-6-8-12/h10H,4-9,11H2,1-3H3. The largest absolute Gasteiger partial charge is 0.457 e. The lowest BCUT2D eigenvalue weighted by Crippen LogP contribution is -2.24. The maximum Gasteiger partial charge on any atom is 0.334 e. The van der Waals surface area contributed by atoms with Gasteiger partial charge in [0.15, 0.2) is 0 Å². The third kappa shape index (κ3) is 3.47. The second-order valence-corrected chi connectivity index (χ2v) is 6.38. The van der Waals surface area contributed by atoms with Crippen LogP contribution in [0.2, 0.25) is 0 Å². The van der Waals surface area contributed by atoms with Gasteiger partial charge in [0, 0.05) is 12.0 Å². The van der Waals surface area contributed by atoms with E-state index in [-0.39, 0.29) is 5.97 Å². The van der Waals surface area contributed by atoms with Gasteiger partial charge in [0.05, 0.1) is 0 Å². The maximum atomic E-state index is 12.0. The highest BCUT2D eigenvalue weighted by atomic mass is 16.6. The smallest absolute Gasteiger partial charge is 0.334 e. The molecule has 100 valence electrons. The number of esters is 1. The van der Waals surface area contributed by atoms with Gasteiger partial charge in [-0.25, -0.2) is 4.79 Å². The Morgan fingerprint density at radius 2 is 1.78 bits per heavy atom. The molecule has 0 heterocycles. The second-order valence-electron chi connectivity index (χ2n) is 6.38. The first-order chi connectivity index (χ1) is 8.46. The van der Waals surface area contributed by atoms with Gasteiger partial charge in [0.1, 0.15) is 5.60 Å². The van der Waals surface area contributed by atoms with Crippen molar-refractivity contribution < 1.29 is 9.53 Å². The van der Waals surface area contributed by atoms with Crippen LogP contribution in [-0.2, 0) is 9.53 Å². The van der Waals surface area contributed by atoms with Crippen molar-refractivity contribution in [1.29, 1.82) is 0 Å². The Morgan fingerprint density at radius 3 is 2.39 bits per heavy atom. The fraction of sp³-hybridized carbons (Fsp3) is 0.688. The predicted molar refractivity (Wildman–Crippen MR) is 73.3 cm³/mol. The molecule has 0 aromatic rings. The Morgan fingerprint density at radius 1 is 1.11 bits per heavy atom. The maximum absolute atomic E-state index is 12.0. The van der Waals surface area contributed by atoms with Crippen LogP contribution in [0.5, 0.6) is 0 Å². The van der Waals surface area contributed by atoms with Crippen LogP contribution >= 0.6 is 0 Å². The Labute approximate surface area is 110 Å². The zero-order chi connectivity index (χ0) is 13.2. The molecule has 0 spiro atoms. The van der Waals surface area contributed by atoms with Crippen LogP contribution in [0.25, 0.3) is 0 Å². The van der Waals surface area contributed by atoms with Crippen molar-refractivity contribution in [3.05, 3.63) is 22.8 Å². The molecule has 0 aromatic carbocycles. The summed E-state index contributed by atoms with van der Waals surface area (Å²) in [5.74, 6) is -0.131. The Balaban J connectivity index is 1.97. The molecule has 0 amide bonds. The van der Waals surface area contributed by atoms with Gasteiger partial charge in [-0.2, -0.15) is 0 Å². The average Bonchev–Trinajstić information content (AvgIpc) is 2.77. The fourth-order valence-corrected chi connectivity index (χ4v) is 2.72. The highest BCUT2D eigenvalue weighted by molar-refractivity contribution is 5.90. The summed E-state index contributed by atoms with van der Waals surface area (Å²) in [5.41, 5.74) is 3.56. The summed E-state index contributed by atoms with van der Waals surface area (Å²) >= 11 is 0. The molecule has 0 N–H and O–H groups in total. The quantitative estimate of drug-likeness (QED) is 0.510. The summed E-state index contributed by atoms with van der Waals surface area (Å²) in [4.78, 5) is 12.0. The van der Waals surface area contributed by atoms with Crippen molar-refractivity contribution in [2.45, 2.75) is 71.3 Å². The summed E-state index contributed by atoms with van der Waals surface area (Å²) in [5, 5.41) is 0. The molecule has 2 aliphatic carbocycles. The van der Waals surface area contributed by atoms with E-state index >= 15 is 0 Å². The summed E-state index contributed by atoms with van der Waals surface area (Å²) in [6.07, 6.45) is 10.3. The van der Waals surface area contributed by atoms with Crippen LogP contribution in [0.15, 0.2) is 22.8 Å². The molecular formula is C16H24O2. The van der Waals surface area contributed by atoms with Gasteiger partial charge < -0.3 is 4.74 Å². The van der Waals surface area contributed by atoms with Crippen LogP contribution < -0.4 is 0 Å². The Hall–Kier alpha value is -1.05. The zero-order valence-electron chi connectivity index (χ0n) is 11.8. The summed E-state index contributed by atoms with van der Waals surface area (Å²) in [6.45, 7) is 5.75. The molecule has 0 aliphatic heterocycles. The van der Waals surface area contributed by atoms with Gasteiger partial charge in [-0.3, -0.25) is 0 Å². The average molecular weight is 248 g/mol. The minimum absolute atomic E-state index is 0.131. The SMILES string of the molecule is CC(C)(C)OC(=O)C1=CCC(=C2CCCCC2)C1. The van der Waals surface area contributed by atoms with E-state index < -0.39 is 5.60 Å². The highest BCUT2D eigenvalue weighted by Crippen LogP contribution is 2.34. The molecule has 2 rings (SSSR count). The van der Waals surface area contributed by atoms with E-state index in [1.54, 1.807) is 5.57 Å². The molecule has 0 aromatic heterocycles. The van der Waals surface area contributed by atoms with Crippen molar-refractivity contribution in [2.75, 3.05) is 0 Å². The third-order valence-corrected chi connectivity index (χ3v) is 3.62. The van der Waals surface area contributed by atoms with E-state index in [9.17, 15) is 4.79 Å². The molecule has 0 unspecified atom stereocenters. The summed E-state index contributed by atoms with van der Waals surface area (Å²) in [6, 6.07) is 0. The minimum Gasteiger partial charge on any atom is -0.457 e. The highest BCUT2D eigenvalue weighted by Gasteiger charge is 2.24. The lowest BCUT2D eigenvalue weighted by atomic mass is 9.90. The number of rotatable bonds is 1. The van der Waals surface area contributed by atoms with Crippen molar-refractivity contribution in [1.82, 2.24) is 0 Å². The van der Waals surface area contributed by atoms with E-state index in [4.69, 9.17) is 4.74 Å². The van der Waals surface area contributed by atoms with E-state index in [0.717, 1.165) is 18.4 Å². The zero-order valence-corrected chi connectivity index (χ0v) is 11.8. The number of carbonyl (C=O) groups is 1. The lowest BCUT2D eigenvalue weighted by Gasteiger charge is -2.20. The molecule has 0 saturated heterocycles. The molecular weight excluding hydrogens is 224 g/mol. The van der Waals surface area contributed by atoms with Crippen molar-refractivity contribution >= 4 is 5.97 Å². The molecule has 1 fully saturated rings. The second kappa shape index (κ2) is 5.29. The van der Waals surface area contributed by atoms with Crippen LogP contribution in [0.3, 0.4) is 0 Å². The number of carbonyl (C=O) groups excluding carboxylic acids is 1. The summed E-state index contributed by atoms with van der Waals surface area (Å²) in [7, 11) is 0. The van der Waals surface area contributed by atoms with E-state index in [1.807, 2.05) is 20.8 Å². The van der Waals surface area contributed by atoms with E-state index in [0.29, 0.717) is 0 Å². The molecule has 2 heteroatoms. The first kappa shape index (κ1) is 13.4. The van der Waals surface area contributed by atoms with Gasteiger partial charge in [-0.05, 0) is 52.9 Å². The van der Waals surface area contributed by atoms with Crippen molar-refractivity contribution in [3.8, 4) is 0 Å². The number of allylic oxidation sites excluding steroid dienone is 3. The van der Waals surface area contributed by atoms with E-state index in [2.05, 4.69) is 6.08 Å². The summed E-state index contributed by atoms with van der Waals surface area (Å²) < 4.78 is 5.43. The normalized spacial score (nSPS) is 20.9. The number of hydrogen-bond acceptors (Lipinski definition) is 2. The molecule has 1 saturated carbocycles. The molecule has 18 heavy (non-hydrogen) atoms.